The Bertz CT molecular complexity index is 1610. The molecule has 22 nitrogen and oxygen atoms in total. The van der Waals surface area contributed by atoms with Gasteiger partial charge in [-0.3, -0.25) is 48.1 Å². The molecule has 4 amide bonds. The fourth-order valence-electron chi connectivity index (χ4n) is 4.95. The number of carboxylic acid groups (broad SMARTS) is 5. The van der Waals surface area contributed by atoms with Gasteiger partial charge in [-0.25, -0.2) is 9.36 Å². The first kappa shape index (κ1) is 47.4. The van der Waals surface area contributed by atoms with E-state index in [4.69, 9.17) is 14.9 Å². The minimum absolute atomic E-state index is 0.237. The molecule has 23 heteroatoms. The maximum absolute atomic E-state index is 13.5. The third-order valence-corrected chi connectivity index (χ3v) is 8.48. The highest BCUT2D eigenvalue weighted by Crippen LogP contribution is 2.37. The molecular formula is C32H45N4O18P. The van der Waals surface area contributed by atoms with Crippen LogP contribution in [0.2, 0.25) is 0 Å². The number of carbonyl (C=O) groups excluding carboxylic acids is 4. The average molecular weight is 805 g/mol. The van der Waals surface area contributed by atoms with Gasteiger partial charge in [0, 0.05) is 19.3 Å². The summed E-state index contributed by atoms with van der Waals surface area (Å²) < 4.78 is 15.5. The summed E-state index contributed by atoms with van der Waals surface area (Å²) in [5.74, 6) is -13.8. The summed E-state index contributed by atoms with van der Waals surface area (Å²) in [6.45, 7) is 3.14. The van der Waals surface area contributed by atoms with Crippen molar-refractivity contribution in [2.75, 3.05) is 0 Å². The Balaban J connectivity index is 3.34. The first-order valence-electron chi connectivity index (χ1n) is 16.7. The second-order valence-electron chi connectivity index (χ2n) is 12.4. The van der Waals surface area contributed by atoms with Gasteiger partial charge in [-0.05, 0) is 49.3 Å². The van der Waals surface area contributed by atoms with Gasteiger partial charge in [0.15, 0.2) is 0 Å². The minimum atomic E-state index is -4.89. The van der Waals surface area contributed by atoms with Crippen LogP contribution in [0.1, 0.15) is 70.8 Å². The van der Waals surface area contributed by atoms with Crippen molar-refractivity contribution in [2.45, 2.75) is 95.8 Å². The van der Waals surface area contributed by atoms with Gasteiger partial charge < -0.3 is 51.3 Å². The van der Waals surface area contributed by atoms with Crippen molar-refractivity contribution in [1.29, 1.82) is 0 Å². The van der Waals surface area contributed by atoms with E-state index in [9.17, 15) is 68.1 Å². The van der Waals surface area contributed by atoms with E-state index in [-0.39, 0.29) is 18.6 Å². The largest absolute Gasteiger partial charge is 0.524 e. The van der Waals surface area contributed by atoms with Crippen molar-refractivity contribution >= 4 is 61.3 Å². The molecule has 0 aliphatic rings. The molecule has 0 heterocycles. The fourth-order valence-corrected chi connectivity index (χ4v) is 5.35. The molecule has 306 valence electrons. The van der Waals surface area contributed by atoms with E-state index in [1.54, 1.807) is 6.92 Å². The summed E-state index contributed by atoms with van der Waals surface area (Å²) in [4.78, 5) is 129. The molecule has 55 heavy (non-hydrogen) atoms. The van der Waals surface area contributed by atoms with E-state index in [0.29, 0.717) is 5.56 Å². The Morgan fingerprint density at radius 1 is 0.636 bits per heavy atom. The molecule has 5 unspecified atom stereocenters. The van der Waals surface area contributed by atoms with Crippen LogP contribution >= 0.6 is 7.82 Å². The van der Waals surface area contributed by atoms with Crippen LogP contribution in [0.4, 0.5) is 0 Å². The number of amides is 4. The van der Waals surface area contributed by atoms with Crippen molar-refractivity contribution in [2.24, 2.45) is 11.8 Å². The van der Waals surface area contributed by atoms with E-state index in [0.717, 1.165) is 12.1 Å². The van der Waals surface area contributed by atoms with Crippen LogP contribution in [0.15, 0.2) is 24.3 Å². The highest BCUT2D eigenvalue weighted by atomic mass is 31.2. The monoisotopic (exact) mass is 804 g/mol. The summed E-state index contributed by atoms with van der Waals surface area (Å²) in [7, 11) is -4.89. The third-order valence-electron chi connectivity index (χ3n) is 8.04. The Hall–Kier alpha value is -5.60. The van der Waals surface area contributed by atoms with Gasteiger partial charge in [0.1, 0.15) is 29.9 Å². The molecule has 0 aliphatic carbocycles. The lowest BCUT2D eigenvalue weighted by atomic mass is 9.94. The van der Waals surface area contributed by atoms with Crippen molar-refractivity contribution in [3.05, 3.63) is 29.8 Å². The predicted molar refractivity (Wildman–Crippen MR) is 184 cm³/mol. The molecule has 1 aromatic carbocycles. The van der Waals surface area contributed by atoms with Crippen molar-refractivity contribution < 1.29 is 87.6 Å². The van der Waals surface area contributed by atoms with Gasteiger partial charge >= 0.3 is 37.7 Å². The second kappa shape index (κ2) is 22.6. The molecule has 1 aromatic rings. The summed E-state index contributed by atoms with van der Waals surface area (Å²) in [6.07, 6.45) is -4.53. The van der Waals surface area contributed by atoms with E-state index in [1.165, 1.54) is 19.1 Å². The van der Waals surface area contributed by atoms with Crippen LogP contribution in [-0.2, 0) is 54.1 Å². The Morgan fingerprint density at radius 2 is 1.07 bits per heavy atom. The number of aliphatic carboxylic acids is 5. The number of nitrogens with one attached hydrogen (secondary N) is 4. The van der Waals surface area contributed by atoms with Crippen LogP contribution in [0.5, 0.6) is 5.75 Å². The second-order valence-corrected chi connectivity index (χ2v) is 13.6. The van der Waals surface area contributed by atoms with Gasteiger partial charge in [-0.15, -0.1) is 0 Å². The summed E-state index contributed by atoms with van der Waals surface area (Å²) in [5.41, 5.74) is 0.299. The van der Waals surface area contributed by atoms with Crippen molar-refractivity contribution in [3.8, 4) is 5.75 Å². The molecule has 0 saturated heterocycles. The zero-order valence-corrected chi connectivity index (χ0v) is 30.6. The van der Waals surface area contributed by atoms with Crippen LogP contribution in [-0.4, -0.2) is 113 Å². The van der Waals surface area contributed by atoms with Gasteiger partial charge in [0.2, 0.25) is 23.6 Å². The lowest BCUT2D eigenvalue weighted by Gasteiger charge is -2.28. The summed E-state index contributed by atoms with van der Waals surface area (Å²) >= 11 is 0. The first-order valence-corrected chi connectivity index (χ1v) is 18.2. The molecule has 0 bridgehead atoms. The Labute approximate surface area is 313 Å². The number of carboxylic acids is 5. The highest BCUT2D eigenvalue weighted by Gasteiger charge is 2.35. The molecule has 0 saturated carbocycles. The smallest absolute Gasteiger partial charge is 0.481 e. The van der Waals surface area contributed by atoms with Crippen molar-refractivity contribution in [3.63, 3.8) is 0 Å². The molecule has 0 aliphatic heterocycles. The molecule has 0 fully saturated rings. The number of phosphoric acid groups is 1. The third kappa shape index (κ3) is 18.8. The normalized spacial score (nSPS) is 14.4. The molecule has 11 N–H and O–H groups in total. The summed E-state index contributed by atoms with van der Waals surface area (Å²) in [6, 6.07) is -1.69. The van der Waals surface area contributed by atoms with E-state index in [1.807, 2.05) is 0 Å². The average Bonchev–Trinajstić information content (AvgIpc) is 3.07. The van der Waals surface area contributed by atoms with E-state index in [2.05, 4.69) is 25.8 Å². The van der Waals surface area contributed by atoms with Gasteiger partial charge in [-0.1, -0.05) is 32.4 Å². The zero-order chi connectivity index (χ0) is 42.0. The standard InChI is InChI=1S/C32H45N4O18P/c1-3-16(2)27(31(48)35-22(32(49)50)10-13-25(41)42)36-30(47)21(9-12-24(39)40)34-29(46)20(8-11-23(37)38)33-28(45)18(15-26(43)44)14-17-4-6-19(7-5-17)54-55(51,52)53/h4-7,16,18,20-22,27H,3,8-15H2,1-2H3,(H,33,45)(H,34,46)(H,35,48)(H,36,47)(H,37,38)(H,39,40)(H,41,42)(H,43,44)(H,49,50)(H2,51,52,53)/t16?,18-,20?,21?,22?,27?/m1/s1. The minimum Gasteiger partial charge on any atom is -0.481 e. The number of benzene rings is 1. The SMILES string of the molecule is CCC(C)C(NC(=O)C(CCC(=O)O)NC(=O)C(CCC(=O)O)NC(=O)[C@@H](CC(=O)O)Cc1ccc(OP(=O)(O)O)cc1)C(=O)NC(CCC(=O)O)C(=O)O. The van der Waals surface area contributed by atoms with Crippen molar-refractivity contribution in [1.82, 2.24) is 21.3 Å². The fraction of sp³-hybridized carbons (Fsp3) is 0.531. The van der Waals surface area contributed by atoms with E-state index >= 15 is 0 Å². The molecule has 0 aromatic heterocycles. The zero-order valence-electron chi connectivity index (χ0n) is 29.7. The maximum Gasteiger partial charge on any atom is 0.524 e. The van der Waals surface area contributed by atoms with Gasteiger partial charge in [0.25, 0.3) is 0 Å². The van der Waals surface area contributed by atoms with Crippen LogP contribution in [0, 0.1) is 11.8 Å². The molecule has 1 rings (SSSR count). The predicted octanol–water partition coefficient (Wildman–Crippen LogP) is -0.544. The highest BCUT2D eigenvalue weighted by molar-refractivity contribution is 7.46. The Kier molecular flexibility index (Phi) is 19.5. The maximum atomic E-state index is 13.5. The number of hydrogen-bond acceptors (Lipinski definition) is 11. The number of hydrogen-bond donors (Lipinski definition) is 11. The summed E-state index contributed by atoms with van der Waals surface area (Å²) in [5, 5.41) is 55.5. The van der Waals surface area contributed by atoms with Crippen LogP contribution < -0.4 is 25.8 Å². The topological polar surface area (TPSA) is 370 Å². The van der Waals surface area contributed by atoms with E-state index < -0.39 is 142 Å². The number of carbonyl (C=O) groups is 9. The Morgan fingerprint density at radius 3 is 1.49 bits per heavy atom. The lowest BCUT2D eigenvalue weighted by molar-refractivity contribution is -0.144. The quantitative estimate of drug-likeness (QED) is 0.0524. The lowest BCUT2D eigenvalue weighted by Crippen LogP contribution is -2.59. The molecule has 0 spiro atoms. The molecule has 6 atom stereocenters. The molecular weight excluding hydrogens is 759 g/mol. The molecule has 0 radical (unpaired) electrons. The van der Waals surface area contributed by atoms with Crippen LogP contribution in [0.25, 0.3) is 0 Å². The van der Waals surface area contributed by atoms with Crippen LogP contribution in [0.3, 0.4) is 0 Å². The number of phosphoric ester groups is 1. The van der Waals surface area contributed by atoms with Gasteiger partial charge in [-0.2, -0.15) is 0 Å². The first-order chi connectivity index (χ1) is 25.5. The number of rotatable bonds is 26. The van der Waals surface area contributed by atoms with Gasteiger partial charge in [0.05, 0.1) is 12.3 Å².